The van der Waals surface area contributed by atoms with Crippen molar-refractivity contribution in [2.45, 2.75) is 0 Å². The predicted octanol–water partition coefficient (Wildman–Crippen LogP) is 15.1. The average Bonchev–Trinajstić information content (AvgIpc) is 4.08. The van der Waals surface area contributed by atoms with Gasteiger partial charge in [0, 0.05) is 64.1 Å². The summed E-state index contributed by atoms with van der Waals surface area (Å²) < 4.78 is 68.7. The molecule has 294 valence electrons. The Labute approximate surface area is 376 Å². The van der Waals surface area contributed by atoms with E-state index in [1.807, 2.05) is 54.6 Å². The molecule has 0 aliphatic carbocycles. The monoisotopic (exact) mass is 828 g/mol. The third-order valence-corrected chi connectivity index (χ3v) is 13.1. The van der Waals surface area contributed by atoms with Crippen LogP contribution in [0.4, 0.5) is 0 Å². The first-order chi connectivity index (χ1) is 34.1. The van der Waals surface area contributed by atoms with Gasteiger partial charge < -0.3 is 9.13 Å². The Kier molecular flexibility index (Phi) is 6.57. The summed E-state index contributed by atoms with van der Waals surface area (Å²) in [7, 11) is 0. The number of fused-ring (bicyclic) bond motifs is 9. The molecule has 0 radical (unpaired) electrons. The summed E-state index contributed by atoms with van der Waals surface area (Å²) in [6, 6.07) is 54.3. The lowest BCUT2D eigenvalue weighted by atomic mass is 10.0. The van der Waals surface area contributed by atoms with E-state index in [2.05, 4.69) is 108 Å². The van der Waals surface area contributed by atoms with Crippen molar-refractivity contribution >= 4 is 75.1 Å². The van der Waals surface area contributed by atoms with Crippen molar-refractivity contribution < 1.29 is 9.60 Å². The molecule has 0 spiro atoms. The summed E-state index contributed by atoms with van der Waals surface area (Å²) in [5, 5.41) is 4.84. The Bertz CT molecular complexity index is 4310. The third kappa shape index (κ3) is 5.66. The molecule has 9 aromatic carbocycles. The maximum atomic E-state index is 9.24. The van der Waals surface area contributed by atoms with Crippen molar-refractivity contribution in [2.75, 3.05) is 0 Å². The van der Waals surface area contributed by atoms with Gasteiger partial charge in [0.05, 0.1) is 37.3 Å². The number of benzene rings is 9. The zero-order valence-electron chi connectivity index (χ0n) is 40.3. The molecule has 0 atom stereocenters. The van der Waals surface area contributed by atoms with Crippen molar-refractivity contribution in [1.29, 1.82) is 0 Å². The number of nitrogens with zero attached hydrogens (tertiary/aromatic N) is 5. The van der Waals surface area contributed by atoms with Crippen LogP contribution in [0.3, 0.4) is 0 Å². The van der Waals surface area contributed by atoms with Crippen LogP contribution in [0.5, 0.6) is 0 Å². The fourth-order valence-electron chi connectivity index (χ4n) is 9.11. The molecule has 13 rings (SSSR count). The second kappa shape index (κ2) is 14.2. The fraction of sp³-hybridized carbons (Fsp3) is 0. The summed E-state index contributed by atoms with van der Waals surface area (Å²) in [5.41, 5.74) is 7.76. The highest BCUT2D eigenvalue weighted by atomic mass is 32.1. The van der Waals surface area contributed by atoms with E-state index < -0.39 is 12.1 Å². The molecule has 0 unspecified atom stereocenters. The molecule has 63 heavy (non-hydrogen) atoms. The molecule has 5 nitrogen and oxygen atoms in total. The van der Waals surface area contributed by atoms with Gasteiger partial charge in [-0.05, 0) is 71.7 Å². The molecule has 0 aliphatic rings. The summed E-state index contributed by atoms with van der Waals surface area (Å²) in [5.74, 6) is 1.08. The van der Waals surface area contributed by atoms with Gasteiger partial charge in [0.1, 0.15) is 0 Å². The van der Waals surface area contributed by atoms with E-state index in [4.69, 9.17) is 21.8 Å². The van der Waals surface area contributed by atoms with E-state index in [-0.39, 0.29) is 57.8 Å². The standard InChI is InChI=1S/C57H35N5S/c1-7-28-48-41(20-1)42-21-2-8-29-49(42)61(48)39-19-14-18-38(35-39)56-58-55(37-17-13-16-36(34-37)40-26-15-27-46-45-24-6-12-33-53(45)63-54(40)46)59-57(60-56)47-25-5-11-32-52(47)62-50-30-9-3-22-43(50)44-23-4-10-31-51(44)62/h1-35H/i3D,4D,9D,22D,23D,30D,31D. The van der Waals surface area contributed by atoms with Gasteiger partial charge in [-0.3, -0.25) is 0 Å². The first kappa shape index (κ1) is 29.1. The molecular formula is C57H35N5S. The summed E-state index contributed by atoms with van der Waals surface area (Å²) in [4.78, 5) is 15.7. The van der Waals surface area contributed by atoms with E-state index in [1.54, 1.807) is 22.0 Å². The normalized spacial score (nSPS) is 13.4. The number of hydrogen-bond donors (Lipinski definition) is 0. The van der Waals surface area contributed by atoms with Crippen molar-refractivity contribution in [3.05, 3.63) is 212 Å². The third-order valence-electron chi connectivity index (χ3n) is 11.9. The van der Waals surface area contributed by atoms with E-state index in [0.29, 0.717) is 22.9 Å². The quantitative estimate of drug-likeness (QED) is 0.168. The van der Waals surface area contributed by atoms with Crippen molar-refractivity contribution in [3.63, 3.8) is 0 Å². The molecule has 0 N–H and O–H groups in total. The summed E-state index contributed by atoms with van der Waals surface area (Å²) in [6.45, 7) is 0. The van der Waals surface area contributed by atoms with Crippen molar-refractivity contribution in [3.8, 4) is 56.7 Å². The Morgan fingerprint density at radius 2 is 0.968 bits per heavy atom. The first-order valence-corrected chi connectivity index (χ1v) is 21.4. The van der Waals surface area contributed by atoms with Gasteiger partial charge in [-0.25, -0.2) is 15.0 Å². The van der Waals surface area contributed by atoms with Gasteiger partial charge in [-0.2, -0.15) is 0 Å². The van der Waals surface area contributed by atoms with Crippen LogP contribution in [-0.2, 0) is 0 Å². The van der Waals surface area contributed by atoms with Crippen LogP contribution in [0.15, 0.2) is 212 Å². The van der Waals surface area contributed by atoms with Crippen LogP contribution in [0, 0.1) is 0 Å². The van der Waals surface area contributed by atoms with Gasteiger partial charge in [0.15, 0.2) is 17.5 Å². The number of rotatable bonds is 6. The van der Waals surface area contributed by atoms with Gasteiger partial charge in [-0.15, -0.1) is 11.3 Å². The van der Waals surface area contributed by atoms with Gasteiger partial charge in [-0.1, -0.05) is 152 Å². The van der Waals surface area contributed by atoms with Crippen LogP contribution < -0.4 is 0 Å². The van der Waals surface area contributed by atoms with Crippen LogP contribution in [0.2, 0.25) is 0 Å². The average molecular weight is 829 g/mol. The molecule has 0 saturated heterocycles. The molecule has 6 heteroatoms. The summed E-state index contributed by atoms with van der Waals surface area (Å²) in [6.07, 6.45) is 0. The maximum Gasteiger partial charge on any atom is 0.166 e. The Morgan fingerprint density at radius 3 is 1.79 bits per heavy atom. The largest absolute Gasteiger partial charge is 0.309 e. The summed E-state index contributed by atoms with van der Waals surface area (Å²) >= 11 is 1.76. The lowest BCUT2D eigenvalue weighted by Crippen LogP contribution is -2.04. The molecule has 0 saturated carbocycles. The zero-order valence-corrected chi connectivity index (χ0v) is 34.1. The molecule has 0 bridgehead atoms. The van der Waals surface area contributed by atoms with E-state index in [0.717, 1.165) is 49.7 Å². The minimum atomic E-state index is -0.466. The number of thiophene rings is 1. The van der Waals surface area contributed by atoms with Crippen LogP contribution >= 0.6 is 11.3 Å². The highest BCUT2D eigenvalue weighted by Gasteiger charge is 2.20. The zero-order chi connectivity index (χ0) is 47.5. The van der Waals surface area contributed by atoms with E-state index in [9.17, 15) is 2.74 Å². The number of aromatic nitrogens is 5. The molecule has 4 aromatic heterocycles. The number of hydrogen-bond acceptors (Lipinski definition) is 4. The molecule has 0 amide bonds. The number of para-hydroxylation sites is 5. The first-order valence-electron chi connectivity index (χ1n) is 24.1. The molecule has 0 fully saturated rings. The van der Waals surface area contributed by atoms with Crippen molar-refractivity contribution in [2.24, 2.45) is 0 Å². The van der Waals surface area contributed by atoms with E-state index >= 15 is 0 Å². The SMILES string of the molecule is [2H]c1cc([2H])c2c(c1[2H])c1c([2H])c([2H])c([2H])c([2H])c1n2-c1ccccc1-c1nc(-c2cccc(-c3cccc4c3sc3ccccc34)c2)nc(-c2cccc(-n3c4ccccc4c4ccccc43)c2)n1. The minimum absolute atomic E-state index is 0.0628. The van der Waals surface area contributed by atoms with E-state index in [1.165, 1.54) is 26.2 Å². The lowest BCUT2D eigenvalue weighted by Gasteiger charge is -2.15. The smallest absolute Gasteiger partial charge is 0.166 e. The fourth-order valence-corrected chi connectivity index (χ4v) is 10.3. The Balaban J connectivity index is 1.07. The van der Waals surface area contributed by atoms with Crippen molar-refractivity contribution in [1.82, 2.24) is 24.1 Å². The van der Waals surface area contributed by atoms with Crippen LogP contribution in [0.1, 0.15) is 9.60 Å². The molecule has 13 aromatic rings. The Hall–Kier alpha value is -8.19. The lowest BCUT2D eigenvalue weighted by molar-refractivity contribution is 1.06. The van der Waals surface area contributed by atoms with Gasteiger partial charge in [0.25, 0.3) is 0 Å². The van der Waals surface area contributed by atoms with Crippen LogP contribution in [0.25, 0.3) is 120 Å². The molecule has 0 aliphatic heterocycles. The van der Waals surface area contributed by atoms with Crippen LogP contribution in [-0.4, -0.2) is 24.1 Å². The minimum Gasteiger partial charge on any atom is -0.309 e. The highest BCUT2D eigenvalue weighted by molar-refractivity contribution is 7.26. The molecule has 4 heterocycles. The molecular weight excluding hydrogens is 787 g/mol. The Morgan fingerprint density at radius 1 is 0.381 bits per heavy atom. The van der Waals surface area contributed by atoms with Gasteiger partial charge in [0.2, 0.25) is 0 Å². The topological polar surface area (TPSA) is 48.5 Å². The second-order valence-corrected chi connectivity index (χ2v) is 16.5. The second-order valence-electron chi connectivity index (χ2n) is 15.4. The highest BCUT2D eigenvalue weighted by Crippen LogP contribution is 2.41. The predicted molar refractivity (Wildman–Crippen MR) is 263 cm³/mol. The maximum absolute atomic E-state index is 9.24. The van der Waals surface area contributed by atoms with Gasteiger partial charge >= 0.3 is 0 Å².